The summed E-state index contributed by atoms with van der Waals surface area (Å²) in [7, 11) is 0. The first-order valence-electron chi connectivity index (χ1n) is 6.88. The maximum Gasteiger partial charge on any atom is 0.309 e. The van der Waals surface area contributed by atoms with Crippen LogP contribution in [0.15, 0.2) is 23.3 Å². The van der Waals surface area contributed by atoms with Crippen LogP contribution in [0.5, 0.6) is 0 Å². The molecule has 4 nitrogen and oxygen atoms in total. The fourth-order valence-electron chi connectivity index (χ4n) is 2.79. The monoisotopic (exact) mass is 266 g/mol. The van der Waals surface area contributed by atoms with E-state index in [1.54, 1.807) is 0 Å². The summed E-state index contributed by atoms with van der Waals surface area (Å²) in [5, 5.41) is 19.3. The molecule has 0 radical (unpaired) electrons. The molecule has 0 saturated carbocycles. The molecule has 0 spiro atoms. The second kappa shape index (κ2) is 5.88. The Morgan fingerprint density at radius 1 is 1.47 bits per heavy atom. The number of rotatable bonds is 1. The van der Waals surface area contributed by atoms with Gasteiger partial charge in [-0.25, -0.2) is 0 Å². The highest BCUT2D eigenvalue weighted by atomic mass is 16.6. The van der Waals surface area contributed by atoms with Crippen molar-refractivity contribution in [1.29, 1.82) is 0 Å². The van der Waals surface area contributed by atoms with Crippen molar-refractivity contribution < 1.29 is 19.7 Å². The number of carbonyl (C=O) groups excluding carboxylic acids is 1. The van der Waals surface area contributed by atoms with E-state index in [2.05, 4.69) is 0 Å². The van der Waals surface area contributed by atoms with Crippen molar-refractivity contribution in [3.05, 3.63) is 23.3 Å². The zero-order chi connectivity index (χ0) is 14.0. The van der Waals surface area contributed by atoms with Gasteiger partial charge in [0.1, 0.15) is 6.10 Å². The molecule has 1 saturated heterocycles. The van der Waals surface area contributed by atoms with Crippen LogP contribution in [-0.4, -0.2) is 35.0 Å². The van der Waals surface area contributed by atoms with Gasteiger partial charge in [-0.1, -0.05) is 13.0 Å². The molecule has 2 N–H and O–H groups in total. The largest absolute Gasteiger partial charge is 0.458 e. The summed E-state index contributed by atoms with van der Waals surface area (Å²) in [6, 6.07) is 0. The van der Waals surface area contributed by atoms with Gasteiger partial charge in [0.2, 0.25) is 0 Å². The van der Waals surface area contributed by atoms with Crippen LogP contribution in [0.4, 0.5) is 0 Å². The SMILES string of the molecule is C/C1=C\[C@H]2OC(=O)[C@@H](C)[C@@H]2CC/C(CO)=C/C[C@@H]1O. The lowest BCUT2D eigenvalue weighted by Gasteiger charge is -2.21. The zero-order valence-electron chi connectivity index (χ0n) is 11.5. The first-order valence-corrected chi connectivity index (χ1v) is 6.88. The molecule has 1 heterocycles. The fourth-order valence-corrected chi connectivity index (χ4v) is 2.79. The van der Waals surface area contributed by atoms with E-state index in [9.17, 15) is 15.0 Å². The third-order valence-electron chi connectivity index (χ3n) is 4.27. The summed E-state index contributed by atoms with van der Waals surface area (Å²) in [6.45, 7) is 3.75. The summed E-state index contributed by atoms with van der Waals surface area (Å²) in [5.74, 6) is -0.157. The Balaban J connectivity index is 2.26. The number of esters is 1. The Hall–Kier alpha value is -1.13. The summed E-state index contributed by atoms with van der Waals surface area (Å²) in [6.07, 6.45) is 5.05. The van der Waals surface area contributed by atoms with Crippen molar-refractivity contribution in [2.45, 2.75) is 45.3 Å². The van der Waals surface area contributed by atoms with Gasteiger partial charge in [-0.2, -0.15) is 0 Å². The third kappa shape index (κ3) is 3.07. The zero-order valence-corrected chi connectivity index (χ0v) is 11.5. The number of aliphatic hydroxyl groups is 2. The molecule has 2 aliphatic rings. The Kier molecular flexibility index (Phi) is 4.42. The molecule has 0 aromatic heterocycles. The highest BCUT2D eigenvalue weighted by molar-refractivity contribution is 5.75. The molecule has 0 aromatic rings. The average Bonchev–Trinajstić information content (AvgIpc) is 2.65. The number of hydrogen-bond acceptors (Lipinski definition) is 4. The van der Waals surface area contributed by atoms with Crippen molar-refractivity contribution >= 4 is 5.97 Å². The minimum Gasteiger partial charge on any atom is -0.458 e. The topological polar surface area (TPSA) is 66.8 Å². The van der Waals surface area contributed by atoms with Gasteiger partial charge in [0.25, 0.3) is 0 Å². The van der Waals surface area contributed by atoms with E-state index in [0.29, 0.717) is 6.42 Å². The van der Waals surface area contributed by atoms with Gasteiger partial charge in [-0.05, 0) is 43.4 Å². The Morgan fingerprint density at radius 3 is 2.89 bits per heavy atom. The second-order valence-corrected chi connectivity index (χ2v) is 5.58. The number of aliphatic hydroxyl groups excluding tert-OH is 2. The van der Waals surface area contributed by atoms with Crippen LogP contribution >= 0.6 is 0 Å². The highest BCUT2D eigenvalue weighted by Crippen LogP contribution is 2.35. The summed E-state index contributed by atoms with van der Waals surface area (Å²) < 4.78 is 5.39. The molecule has 0 aromatic carbocycles. The minimum atomic E-state index is -0.574. The standard InChI is InChI=1S/C15H22O4/c1-9-7-14-12(10(2)15(18)19-14)5-3-11(8-16)4-6-13(9)17/h4,7,10,12-14,16-17H,3,5-6,8H2,1-2H3/b9-7+,11-4-/t10-,12-,13-,14+/m0/s1. The van der Waals surface area contributed by atoms with Crippen LogP contribution in [0.25, 0.3) is 0 Å². The van der Waals surface area contributed by atoms with Crippen molar-refractivity contribution in [1.82, 2.24) is 0 Å². The van der Waals surface area contributed by atoms with E-state index < -0.39 is 6.10 Å². The second-order valence-electron chi connectivity index (χ2n) is 5.58. The van der Waals surface area contributed by atoms with Gasteiger partial charge in [0.15, 0.2) is 0 Å². The lowest BCUT2D eigenvalue weighted by atomic mass is 9.84. The predicted molar refractivity (Wildman–Crippen MR) is 71.3 cm³/mol. The maximum absolute atomic E-state index is 11.7. The van der Waals surface area contributed by atoms with Gasteiger partial charge in [0.05, 0.1) is 18.6 Å². The number of ether oxygens (including phenoxy) is 1. The number of fused-ring (bicyclic) bond motifs is 1. The van der Waals surface area contributed by atoms with Gasteiger partial charge in [-0.15, -0.1) is 0 Å². The molecule has 4 heteroatoms. The quantitative estimate of drug-likeness (QED) is 0.558. The van der Waals surface area contributed by atoms with E-state index in [1.165, 1.54) is 0 Å². The van der Waals surface area contributed by atoms with E-state index in [4.69, 9.17) is 4.74 Å². The Labute approximate surface area is 113 Å². The predicted octanol–water partition coefficient (Wildman–Crippen LogP) is 1.57. The molecule has 1 aliphatic carbocycles. The van der Waals surface area contributed by atoms with E-state index >= 15 is 0 Å². The van der Waals surface area contributed by atoms with Gasteiger partial charge in [-0.3, -0.25) is 4.79 Å². The lowest BCUT2D eigenvalue weighted by Crippen LogP contribution is -2.21. The van der Waals surface area contributed by atoms with E-state index in [0.717, 1.165) is 24.0 Å². The van der Waals surface area contributed by atoms with Crippen molar-refractivity contribution in [2.75, 3.05) is 6.61 Å². The Morgan fingerprint density at radius 2 is 2.21 bits per heavy atom. The molecule has 1 fully saturated rings. The molecule has 0 unspecified atom stereocenters. The van der Waals surface area contributed by atoms with E-state index in [1.807, 2.05) is 26.0 Å². The van der Waals surface area contributed by atoms with Crippen molar-refractivity contribution in [3.8, 4) is 0 Å². The normalized spacial score (nSPS) is 41.6. The minimum absolute atomic E-state index is 0.00997. The fraction of sp³-hybridized carbons (Fsp3) is 0.667. The molecule has 4 atom stereocenters. The van der Waals surface area contributed by atoms with Crippen molar-refractivity contribution in [3.63, 3.8) is 0 Å². The lowest BCUT2D eigenvalue weighted by molar-refractivity contribution is -0.142. The van der Waals surface area contributed by atoms with Crippen molar-refractivity contribution in [2.24, 2.45) is 11.8 Å². The number of hydrogen-bond donors (Lipinski definition) is 2. The summed E-state index contributed by atoms with van der Waals surface area (Å²) in [5.41, 5.74) is 1.76. The van der Waals surface area contributed by atoms with Crippen LogP contribution in [-0.2, 0) is 9.53 Å². The van der Waals surface area contributed by atoms with Gasteiger partial charge >= 0.3 is 5.97 Å². The number of carbonyl (C=O) groups is 1. The molecular formula is C15H22O4. The van der Waals surface area contributed by atoms with Crippen LogP contribution in [0.3, 0.4) is 0 Å². The molecule has 19 heavy (non-hydrogen) atoms. The average molecular weight is 266 g/mol. The van der Waals surface area contributed by atoms with E-state index in [-0.39, 0.29) is 30.5 Å². The first kappa shape index (κ1) is 14.3. The molecule has 2 rings (SSSR count). The Bertz CT molecular complexity index is 410. The molecular weight excluding hydrogens is 244 g/mol. The van der Waals surface area contributed by atoms with Crippen LogP contribution < -0.4 is 0 Å². The molecule has 106 valence electrons. The first-order chi connectivity index (χ1) is 9.02. The molecule has 0 amide bonds. The van der Waals surface area contributed by atoms with Gasteiger partial charge in [0, 0.05) is 5.92 Å². The smallest absolute Gasteiger partial charge is 0.309 e. The van der Waals surface area contributed by atoms with Crippen LogP contribution in [0.1, 0.15) is 33.1 Å². The third-order valence-corrected chi connectivity index (χ3v) is 4.27. The van der Waals surface area contributed by atoms with Crippen LogP contribution in [0.2, 0.25) is 0 Å². The molecule has 0 bridgehead atoms. The van der Waals surface area contributed by atoms with Gasteiger partial charge < -0.3 is 14.9 Å². The summed E-state index contributed by atoms with van der Waals surface area (Å²) >= 11 is 0. The summed E-state index contributed by atoms with van der Waals surface area (Å²) in [4.78, 5) is 11.7. The van der Waals surface area contributed by atoms with Crippen LogP contribution in [0, 0.1) is 11.8 Å². The highest BCUT2D eigenvalue weighted by Gasteiger charge is 2.40. The molecule has 1 aliphatic heterocycles. The maximum atomic E-state index is 11.7.